The zero-order chi connectivity index (χ0) is 11.4. The first-order chi connectivity index (χ1) is 7.02. The lowest BCUT2D eigenvalue weighted by atomic mass is 10.4. The van der Waals surface area contributed by atoms with Gasteiger partial charge in [0.05, 0.1) is 12.8 Å². The van der Waals surface area contributed by atoms with Gasteiger partial charge in [0.1, 0.15) is 5.76 Å². The third-order valence-electron chi connectivity index (χ3n) is 2.01. The van der Waals surface area contributed by atoms with Gasteiger partial charge in [-0.2, -0.15) is 0 Å². The van der Waals surface area contributed by atoms with Crippen LogP contribution in [0.25, 0.3) is 0 Å². The maximum atomic E-state index is 7.72. The maximum Gasteiger partial charge on any atom is 0.200 e. The quantitative estimate of drug-likeness (QED) is 0.487. The maximum absolute atomic E-state index is 7.72. The summed E-state index contributed by atoms with van der Waals surface area (Å²) in [5.74, 6) is 0.754. The molecule has 0 aliphatic rings. The Bertz CT molecular complexity index is 345. The predicted molar refractivity (Wildman–Crippen MR) is 57.6 cm³/mol. The van der Waals surface area contributed by atoms with Crippen molar-refractivity contribution in [1.29, 1.82) is 10.8 Å². The Morgan fingerprint density at radius 1 is 1.47 bits per heavy atom. The molecule has 0 aromatic carbocycles. The average molecular weight is 209 g/mol. The number of hydrogen-bond acceptors (Lipinski definition) is 3. The molecular weight excluding hydrogens is 194 g/mol. The summed E-state index contributed by atoms with van der Waals surface area (Å²) in [5, 5.41) is 14.9. The second-order valence-electron chi connectivity index (χ2n) is 3.20. The molecule has 0 unspecified atom stereocenters. The second kappa shape index (κ2) is 4.50. The largest absolute Gasteiger partial charge is 0.467 e. The number of furan rings is 1. The first-order valence-corrected chi connectivity index (χ1v) is 4.42. The van der Waals surface area contributed by atoms with Gasteiger partial charge in [-0.3, -0.25) is 15.7 Å². The molecule has 0 aliphatic heterocycles. The van der Waals surface area contributed by atoms with Crippen LogP contribution in [0.4, 0.5) is 0 Å². The molecule has 0 bridgehead atoms. The Balaban J connectivity index is 2.57. The van der Waals surface area contributed by atoms with E-state index >= 15 is 0 Å². The van der Waals surface area contributed by atoms with Crippen LogP contribution in [0.15, 0.2) is 22.8 Å². The lowest BCUT2D eigenvalue weighted by Crippen LogP contribution is -2.45. The molecule has 0 spiro atoms. The molecule has 82 valence electrons. The topological polar surface area (TPSA) is 93.3 Å². The van der Waals surface area contributed by atoms with Gasteiger partial charge in [-0.15, -0.1) is 0 Å². The molecule has 0 saturated heterocycles. The summed E-state index contributed by atoms with van der Waals surface area (Å²) in [6.07, 6.45) is 1.58. The Kier molecular flexibility index (Phi) is 3.33. The van der Waals surface area contributed by atoms with Crippen LogP contribution in [0, 0.1) is 10.8 Å². The molecule has 0 amide bonds. The van der Waals surface area contributed by atoms with Crippen molar-refractivity contribution in [3.05, 3.63) is 24.2 Å². The highest BCUT2D eigenvalue weighted by Crippen LogP contribution is 2.04. The molecule has 0 atom stereocenters. The molecule has 0 fully saturated rings. The van der Waals surface area contributed by atoms with E-state index in [1.54, 1.807) is 31.3 Å². The summed E-state index contributed by atoms with van der Waals surface area (Å²) in [4.78, 5) is 2.92. The summed E-state index contributed by atoms with van der Waals surface area (Å²) in [5.41, 5.74) is 5.27. The van der Waals surface area contributed by atoms with E-state index in [0.29, 0.717) is 6.54 Å². The van der Waals surface area contributed by atoms with E-state index in [0.717, 1.165) is 5.76 Å². The van der Waals surface area contributed by atoms with E-state index < -0.39 is 0 Å². The summed E-state index contributed by atoms with van der Waals surface area (Å²) in [6, 6.07) is 3.62. The van der Waals surface area contributed by atoms with Gasteiger partial charge in [-0.25, -0.2) is 0 Å². The minimum atomic E-state index is -0.161. The summed E-state index contributed by atoms with van der Waals surface area (Å²) in [6.45, 7) is 0.476. The highest BCUT2D eigenvalue weighted by Gasteiger charge is 2.13. The Hall–Kier alpha value is -1.98. The first kappa shape index (κ1) is 11.1. The van der Waals surface area contributed by atoms with Gasteiger partial charge in [-0.05, 0) is 12.1 Å². The fourth-order valence-corrected chi connectivity index (χ4v) is 1.08. The molecule has 4 N–H and O–H groups in total. The first-order valence-electron chi connectivity index (χ1n) is 4.42. The molecule has 0 radical (unpaired) electrons. The number of hydrogen-bond donors (Lipinski definition) is 3. The third kappa shape index (κ3) is 2.73. The van der Waals surface area contributed by atoms with Crippen molar-refractivity contribution in [2.45, 2.75) is 6.54 Å². The molecule has 6 heteroatoms. The van der Waals surface area contributed by atoms with Crippen molar-refractivity contribution >= 4 is 11.9 Å². The number of guanidine groups is 2. The molecule has 0 aliphatic carbocycles. The summed E-state index contributed by atoms with van der Waals surface area (Å²) < 4.78 is 5.15. The fraction of sp³-hybridized carbons (Fsp3) is 0.333. The molecule has 1 rings (SSSR count). The van der Waals surface area contributed by atoms with E-state index in [2.05, 4.69) is 0 Å². The molecular formula is C9H15N5O. The fourth-order valence-electron chi connectivity index (χ4n) is 1.08. The van der Waals surface area contributed by atoms with Gasteiger partial charge in [0, 0.05) is 14.1 Å². The molecule has 1 heterocycles. The Morgan fingerprint density at radius 2 is 2.13 bits per heavy atom. The standard InChI is InChI=1S/C9H15N5O/c1-13(6-7-4-3-5-15-7)9(12)14(2)8(10)11/h3-5,12H,6H2,1-2H3,(H3,10,11). The minimum absolute atomic E-state index is 0.152. The van der Waals surface area contributed by atoms with Crippen molar-refractivity contribution < 1.29 is 4.42 Å². The Morgan fingerprint density at radius 3 is 2.60 bits per heavy atom. The van der Waals surface area contributed by atoms with Crippen LogP contribution >= 0.6 is 0 Å². The molecule has 15 heavy (non-hydrogen) atoms. The zero-order valence-electron chi connectivity index (χ0n) is 8.82. The van der Waals surface area contributed by atoms with E-state index in [4.69, 9.17) is 21.0 Å². The highest BCUT2D eigenvalue weighted by atomic mass is 16.3. The van der Waals surface area contributed by atoms with E-state index in [-0.39, 0.29) is 11.9 Å². The number of nitrogens with two attached hydrogens (primary N) is 1. The van der Waals surface area contributed by atoms with Gasteiger partial charge in [0.25, 0.3) is 0 Å². The molecule has 1 aromatic heterocycles. The lowest BCUT2D eigenvalue weighted by molar-refractivity contribution is 0.382. The van der Waals surface area contributed by atoms with Gasteiger partial charge < -0.3 is 15.1 Å². The molecule has 0 saturated carbocycles. The SMILES string of the molecule is CN(Cc1ccco1)C(=N)N(C)C(=N)N. The number of nitrogens with zero attached hydrogens (tertiary/aromatic N) is 2. The van der Waals surface area contributed by atoms with E-state index in [1.807, 2.05) is 6.07 Å². The summed E-state index contributed by atoms with van der Waals surface area (Å²) >= 11 is 0. The lowest BCUT2D eigenvalue weighted by Gasteiger charge is -2.25. The van der Waals surface area contributed by atoms with Crippen molar-refractivity contribution in [2.24, 2.45) is 5.73 Å². The Labute approximate surface area is 88.3 Å². The van der Waals surface area contributed by atoms with Gasteiger partial charge in [0.15, 0.2) is 11.9 Å². The normalized spacial score (nSPS) is 9.73. The highest BCUT2D eigenvalue weighted by molar-refractivity contribution is 5.94. The monoisotopic (exact) mass is 209 g/mol. The zero-order valence-corrected chi connectivity index (χ0v) is 8.82. The average Bonchev–Trinajstić information content (AvgIpc) is 2.67. The molecule has 1 aromatic rings. The number of nitrogens with one attached hydrogen (secondary N) is 2. The smallest absolute Gasteiger partial charge is 0.200 e. The van der Waals surface area contributed by atoms with Crippen LogP contribution in [0.1, 0.15) is 5.76 Å². The van der Waals surface area contributed by atoms with Gasteiger partial charge >= 0.3 is 0 Å². The predicted octanol–water partition coefficient (Wildman–Crippen LogP) is 0.471. The van der Waals surface area contributed by atoms with Crippen molar-refractivity contribution in [2.75, 3.05) is 14.1 Å². The van der Waals surface area contributed by atoms with Crippen molar-refractivity contribution in [1.82, 2.24) is 9.80 Å². The van der Waals surface area contributed by atoms with Gasteiger partial charge in [0.2, 0.25) is 0 Å². The third-order valence-corrected chi connectivity index (χ3v) is 2.01. The molecule has 6 nitrogen and oxygen atoms in total. The van der Waals surface area contributed by atoms with Crippen LogP contribution in [0.2, 0.25) is 0 Å². The van der Waals surface area contributed by atoms with Crippen molar-refractivity contribution in [3.8, 4) is 0 Å². The van der Waals surface area contributed by atoms with Crippen LogP contribution in [-0.4, -0.2) is 35.8 Å². The van der Waals surface area contributed by atoms with Crippen LogP contribution in [0.3, 0.4) is 0 Å². The van der Waals surface area contributed by atoms with Crippen LogP contribution in [-0.2, 0) is 6.54 Å². The van der Waals surface area contributed by atoms with Gasteiger partial charge in [-0.1, -0.05) is 0 Å². The van der Waals surface area contributed by atoms with Crippen molar-refractivity contribution in [3.63, 3.8) is 0 Å². The van der Waals surface area contributed by atoms with Crippen LogP contribution < -0.4 is 5.73 Å². The summed E-state index contributed by atoms with van der Waals surface area (Å²) in [7, 11) is 3.31. The second-order valence-corrected chi connectivity index (χ2v) is 3.20. The van der Waals surface area contributed by atoms with E-state index in [9.17, 15) is 0 Å². The number of rotatable bonds is 2. The minimum Gasteiger partial charge on any atom is -0.467 e. The van der Waals surface area contributed by atoms with Crippen LogP contribution in [0.5, 0.6) is 0 Å². The van der Waals surface area contributed by atoms with E-state index in [1.165, 1.54) is 4.90 Å².